The first kappa shape index (κ1) is 13.0. The first-order valence-electron chi connectivity index (χ1n) is 7.07. The number of rotatable bonds is 1. The Hall–Kier alpha value is -1.66. The second kappa shape index (κ2) is 4.96. The highest BCUT2D eigenvalue weighted by Crippen LogP contribution is 2.29. The third-order valence-electron chi connectivity index (χ3n) is 4.07. The van der Waals surface area contributed by atoms with Gasteiger partial charge in [-0.1, -0.05) is 12.1 Å². The van der Waals surface area contributed by atoms with E-state index in [0.29, 0.717) is 16.7 Å². The van der Waals surface area contributed by atoms with Crippen LogP contribution in [0.5, 0.6) is 0 Å². The minimum absolute atomic E-state index is 0.176. The van der Waals surface area contributed by atoms with E-state index in [1.54, 1.807) is 0 Å². The standard InChI is InChI=1S/C15H14BrN3O2/c16-19-14(9-5-7-17-8-6-9)18-12-10-3-1-2-4-11(10)21-13(12)15(19)20/h1-4,9,17H,5-8H2. The van der Waals surface area contributed by atoms with Gasteiger partial charge in [0.15, 0.2) is 0 Å². The first-order chi connectivity index (χ1) is 10.3. The van der Waals surface area contributed by atoms with Gasteiger partial charge in [0, 0.05) is 11.3 Å². The fourth-order valence-corrected chi connectivity index (χ4v) is 3.50. The van der Waals surface area contributed by atoms with Gasteiger partial charge in [-0.2, -0.15) is 0 Å². The Kier molecular flexibility index (Phi) is 3.08. The third-order valence-corrected chi connectivity index (χ3v) is 4.76. The minimum Gasteiger partial charge on any atom is -0.448 e. The smallest absolute Gasteiger partial charge is 0.307 e. The molecular formula is C15H14BrN3O2. The second-order valence-corrected chi connectivity index (χ2v) is 6.07. The summed E-state index contributed by atoms with van der Waals surface area (Å²) in [5.74, 6) is 1.08. The number of hydrogen-bond donors (Lipinski definition) is 1. The lowest BCUT2D eigenvalue weighted by Crippen LogP contribution is -2.30. The molecule has 1 aromatic carbocycles. The van der Waals surface area contributed by atoms with E-state index in [9.17, 15) is 4.79 Å². The van der Waals surface area contributed by atoms with Crippen molar-refractivity contribution in [3.05, 3.63) is 40.4 Å². The Morgan fingerprint density at radius 3 is 2.86 bits per heavy atom. The van der Waals surface area contributed by atoms with Crippen LogP contribution in [0.4, 0.5) is 0 Å². The molecule has 6 heteroatoms. The lowest BCUT2D eigenvalue weighted by Gasteiger charge is -2.22. The summed E-state index contributed by atoms with van der Waals surface area (Å²) in [5, 5.41) is 4.23. The molecule has 3 aromatic rings. The third kappa shape index (κ3) is 2.01. The molecule has 1 saturated heterocycles. The molecule has 0 amide bonds. The second-order valence-electron chi connectivity index (χ2n) is 5.36. The molecule has 1 N–H and O–H groups in total. The quantitative estimate of drug-likeness (QED) is 0.735. The molecule has 1 aliphatic heterocycles. The van der Waals surface area contributed by atoms with E-state index in [2.05, 4.69) is 21.5 Å². The largest absolute Gasteiger partial charge is 0.448 e. The summed E-state index contributed by atoms with van der Waals surface area (Å²) in [6.45, 7) is 1.91. The van der Waals surface area contributed by atoms with Gasteiger partial charge in [-0.05, 0) is 38.1 Å². The zero-order valence-electron chi connectivity index (χ0n) is 11.3. The molecule has 0 aliphatic carbocycles. The van der Waals surface area contributed by atoms with Crippen LogP contribution in [0, 0.1) is 0 Å². The van der Waals surface area contributed by atoms with Gasteiger partial charge >= 0.3 is 5.56 Å². The Bertz CT molecular complexity index is 878. The van der Waals surface area contributed by atoms with Crippen LogP contribution in [0.3, 0.4) is 0 Å². The average Bonchev–Trinajstić information content (AvgIpc) is 2.90. The van der Waals surface area contributed by atoms with Crippen LogP contribution in [0.2, 0.25) is 0 Å². The predicted octanol–water partition coefficient (Wildman–Crippen LogP) is 2.77. The normalized spacial score (nSPS) is 16.8. The molecule has 3 heterocycles. The molecule has 0 bridgehead atoms. The van der Waals surface area contributed by atoms with Crippen LogP contribution in [0.1, 0.15) is 24.6 Å². The lowest BCUT2D eigenvalue weighted by molar-refractivity contribution is 0.443. The number of aromatic nitrogens is 2. The highest BCUT2D eigenvalue weighted by atomic mass is 79.9. The Labute approximate surface area is 129 Å². The zero-order valence-corrected chi connectivity index (χ0v) is 12.9. The van der Waals surface area contributed by atoms with E-state index in [1.807, 2.05) is 24.3 Å². The number of nitrogens with zero attached hydrogens (tertiary/aromatic N) is 2. The van der Waals surface area contributed by atoms with E-state index < -0.39 is 0 Å². The molecular weight excluding hydrogens is 334 g/mol. The number of piperidine rings is 1. The number of nitrogens with one attached hydrogen (secondary N) is 1. The van der Waals surface area contributed by atoms with Crippen molar-refractivity contribution in [3.8, 4) is 0 Å². The Morgan fingerprint density at radius 1 is 1.29 bits per heavy atom. The highest BCUT2D eigenvalue weighted by Gasteiger charge is 2.23. The van der Waals surface area contributed by atoms with Gasteiger partial charge in [0.2, 0.25) is 5.58 Å². The Balaban J connectivity index is 2.01. The summed E-state index contributed by atoms with van der Waals surface area (Å²) in [7, 11) is 0. The number of benzene rings is 1. The molecule has 108 valence electrons. The molecule has 0 atom stereocenters. The lowest BCUT2D eigenvalue weighted by atomic mass is 9.97. The molecule has 5 nitrogen and oxygen atoms in total. The molecule has 21 heavy (non-hydrogen) atoms. The monoisotopic (exact) mass is 347 g/mol. The molecule has 4 rings (SSSR count). The number of furan rings is 1. The van der Waals surface area contributed by atoms with Crippen LogP contribution in [0.25, 0.3) is 22.1 Å². The van der Waals surface area contributed by atoms with Crippen molar-refractivity contribution in [2.45, 2.75) is 18.8 Å². The topological polar surface area (TPSA) is 60.1 Å². The van der Waals surface area contributed by atoms with Crippen molar-refractivity contribution in [2.24, 2.45) is 0 Å². The van der Waals surface area contributed by atoms with Crippen LogP contribution < -0.4 is 10.9 Å². The van der Waals surface area contributed by atoms with Crippen molar-refractivity contribution in [2.75, 3.05) is 13.1 Å². The number of fused-ring (bicyclic) bond motifs is 3. The first-order valence-corrected chi connectivity index (χ1v) is 7.77. The molecule has 0 unspecified atom stereocenters. The summed E-state index contributed by atoms with van der Waals surface area (Å²) in [5.41, 5.74) is 1.50. The summed E-state index contributed by atoms with van der Waals surface area (Å²) < 4.78 is 7.13. The minimum atomic E-state index is -0.176. The number of hydrogen-bond acceptors (Lipinski definition) is 4. The van der Waals surface area contributed by atoms with Crippen molar-refractivity contribution < 1.29 is 4.42 Å². The Morgan fingerprint density at radius 2 is 2.05 bits per heavy atom. The van der Waals surface area contributed by atoms with Crippen LogP contribution in [-0.4, -0.2) is 21.7 Å². The number of para-hydroxylation sites is 1. The summed E-state index contributed by atoms with van der Waals surface area (Å²) in [4.78, 5) is 17.3. The van der Waals surface area contributed by atoms with Crippen LogP contribution in [0.15, 0.2) is 33.5 Å². The van der Waals surface area contributed by atoms with Crippen molar-refractivity contribution in [1.29, 1.82) is 0 Å². The van der Waals surface area contributed by atoms with Crippen LogP contribution >= 0.6 is 16.1 Å². The molecule has 2 aromatic heterocycles. The van der Waals surface area contributed by atoms with E-state index in [4.69, 9.17) is 9.40 Å². The summed E-state index contributed by atoms with van der Waals surface area (Å²) >= 11 is 3.36. The zero-order chi connectivity index (χ0) is 14.4. The van der Waals surface area contributed by atoms with Crippen LogP contribution in [-0.2, 0) is 0 Å². The maximum atomic E-state index is 12.5. The summed E-state index contributed by atoms with van der Waals surface area (Å²) in [6.07, 6.45) is 1.97. The molecule has 0 radical (unpaired) electrons. The van der Waals surface area contributed by atoms with Crippen molar-refractivity contribution >= 4 is 38.2 Å². The molecule has 0 spiro atoms. The van der Waals surface area contributed by atoms with Gasteiger partial charge in [-0.25, -0.2) is 8.58 Å². The SMILES string of the molecule is O=c1c2oc3ccccc3c2nc(C2CCNCC2)n1Br. The van der Waals surface area contributed by atoms with Gasteiger partial charge in [0.25, 0.3) is 0 Å². The van der Waals surface area contributed by atoms with Gasteiger partial charge in [0.1, 0.15) is 16.9 Å². The molecule has 1 aliphatic rings. The predicted molar refractivity (Wildman–Crippen MR) is 84.9 cm³/mol. The summed E-state index contributed by atoms with van der Waals surface area (Å²) in [6, 6.07) is 7.63. The van der Waals surface area contributed by atoms with E-state index in [0.717, 1.165) is 37.1 Å². The fraction of sp³-hybridized carbons (Fsp3) is 0.333. The van der Waals surface area contributed by atoms with Gasteiger partial charge in [-0.15, -0.1) is 0 Å². The van der Waals surface area contributed by atoms with Gasteiger partial charge in [-0.3, -0.25) is 4.79 Å². The molecule has 1 fully saturated rings. The van der Waals surface area contributed by atoms with Gasteiger partial charge < -0.3 is 9.73 Å². The van der Waals surface area contributed by atoms with E-state index in [-0.39, 0.29) is 11.5 Å². The van der Waals surface area contributed by atoms with E-state index >= 15 is 0 Å². The fourth-order valence-electron chi connectivity index (χ4n) is 2.97. The molecule has 0 saturated carbocycles. The van der Waals surface area contributed by atoms with Gasteiger partial charge in [0.05, 0.1) is 16.1 Å². The number of halogens is 1. The van der Waals surface area contributed by atoms with E-state index in [1.165, 1.54) is 3.59 Å². The average molecular weight is 348 g/mol. The van der Waals surface area contributed by atoms with Crippen molar-refractivity contribution in [1.82, 2.24) is 13.9 Å². The van der Waals surface area contributed by atoms with Crippen molar-refractivity contribution in [3.63, 3.8) is 0 Å². The maximum Gasteiger partial charge on any atom is 0.307 e. The highest BCUT2D eigenvalue weighted by molar-refractivity contribution is 9.08. The maximum absolute atomic E-state index is 12.5.